The molecule has 104 valence electrons. The van der Waals surface area contributed by atoms with E-state index in [1.165, 1.54) is 37.1 Å². The highest BCUT2D eigenvalue weighted by molar-refractivity contribution is 5.32. The number of rotatable bonds is 2. The second kappa shape index (κ2) is 5.61. The topological polar surface area (TPSA) is 18.5 Å². The molecule has 1 aromatic carbocycles. The molecule has 1 fully saturated rings. The largest absolute Gasteiger partial charge is 0.311 e. The predicted molar refractivity (Wildman–Crippen MR) is 79.2 cm³/mol. The lowest BCUT2D eigenvalue weighted by Gasteiger charge is -2.41. The second-order valence-corrected chi connectivity index (χ2v) is 6.05. The third-order valence-corrected chi connectivity index (χ3v) is 4.82. The summed E-state index contributed by atoms with van der Waals surface area (Å²) >= 11 is 0. The molecule has 3 nitrogen and oxygen atoms in total. The van der Waals surface area contributed by atoms with E-state index in [-0.39, 0.29) is 0 Å². The molecule has 1 saturated heterocycles. The van der Waals surface area contributed by atoms with Gasteiger partial charge in [-0.1, -0.05) is 24.3 Å². The number of nitrogens with zero attached hydrogens (tertiary/aromatic N) is 2. The number of piperidine rings is 1. The SMILES string of the molecule is CN1CCC(N(C)C2CNCc3ccccc32)CC1. The van der Waals surface area contributed by atoms with E-state index in [1.807, 2.05) is 0 Å². The first kappa shape index (κ1) is 13.1. The Morgan fingerprint density at radius 3 is 2.74 bits per heavy atom. The van der Waals surface area contributed by atoms with Crippen LogP contribution in [0.25, 0.3) is 0 Å². The number of likely N-dealkylation sites (N-methyl/N-ethyl adjacent to an activating group) is 1. The van der Waals surface area contributed by atoms with Gasteiger partial charge in [0.05, 0.1) is 0 Å². The number of hydrogen-bond acceptors (Lipinski definition) is 3. The quantitative estimate of drug-likeness (QED) is 0.874. The fourth-order valence-corrected chi connectivity index (χ4v) is 3.49. The zero-order chi connectivity index (χ0) is 13.2. The van der Waals surface area contributed by atoms with Crippen LogP contribution >= 0.6 is 0 Å². The average Bonchev–Trinajstić information content (AvgIpc) is 2.47. The van der Waals surface area contributed by atoms with Gasteiger partial charge in [-0.3, -0.25) is 4.90 Å². The van der Waals surface area contributed by atoms with Crippen molar-refractivity contribution in [2.45, 2.75) is 31.5 Å². The summed E-state index contributed by atoms with van der Waals surface area (Å²) in [6.07, 6.45) is 2.59. The Bertz CT molecular complexity index is 424. The molecule has 2 aliphatic rings. The van der Waals surface area contributed by atoms with Gasteiger partial charge in [0.25, 0.3) is 0 Å². The molecule has 0 aliphatic carbocycles. The molecule has 2 aliphatic heterocycles. The molecule has 0 aromatic heterocycles. The highest BCUT2D eigenvalue weighted by Gasteiger charge is 2.29. The van der Waals surface area contributed by atoms with E-state index in [9.17, 15) is 0 Å². The van der Waals surface area contributed by atoms with E-state index in [0.29, 0.717) is 6.04 Å². The van der Waals surface area contributed by atoms with Gasteiger partial charge in [-0.15, -0.1) is 0 Å². The molecule has 19 heavy (non-hydrogen) atoms. The van der Waals surface area contributed by atoms with Crippen molar-refractivity contribution in [3.63, 3.8) is 0 Å². The number of benzene rings is 1. The Labute approximate surface area is 116 Å². The second-order valence-electron chi connectivity index (χ2n) is 6.05. The molecule has 0 spiro atoms. The van der Waals surface area contributed by atoms with Crippen molar-refractivity contribution < 1.29 is 0 Å². The van der Waals surface area contributed by atoms with Crippen LogP contribution in [0.4, 0.5) is 0 Å². The van der Waals surface area contributed by atoms with E-state index in [1.54, 1.807) is 0 Å². The summed E-state index contributed by atoms with van der Waals surface area (Å²) in [5.41, 5.74) is 3.00. The van der Waals surface area contributed by atoms with Gasteiger partial charge >= 0.3 is 0 Å². The van der Waals surface area contributed by atoms with Crippen LogP contribution in [-0.2, 0) is 6.54 Å². The van der Waals surface area contributed by atoms with Crippen LogP contribution in [0.2, 0.25) is 0 Å². The number of hydrogen-bond donors (Lipinski definition) is 1. The molecule has 0 amide bonds. The van der Waals surface area contributed by atoms with Crippen LogP contribution in [0.1, 0.15) is 30.0 Å². The molecule has 3 heteroatoms. The van der Waals surface area contributed by atoms with Crippen molar-refractivity contribution in [1.29, 1.82) is 0 Å². The van der Waals surface area contributed by atoms with Gasteiger partial charge in [-0.2, -0.15) is 0 Å². The van der Waals surface area contributed by atoms with Crippen molar-refractivity contribution in [3.8, 4) is 0 Å². The number of likely N-dealkylation sites (tertiary alicyclic amines) is 1. The van der Waals surface area contributed by atoms with E-state index in [2.05, 4.69) is 53.5 Å². The van der Waals surface area contributed by atoms with Crippen LogP contribution in [0.3, 0.4) is 0 Å². The van der Waals surface area contributed by atoms with Gasteiger partial charge in [0.1, 0.15) is 0 Å². The summed E-state index contributed by atoms with van der Waals surface area (Å²) < 4.78 is 0. The van der Waals surface area contributed by atoms with Gasteiger partial charge < -0.3 is 10.2 Å². The minimum atomic E-state index is 0.540. The molecule has 1 atom stereocenters. The van der Waals surface area contributed by atoms with E-state index < -0.39 is 0 Å². The molecule has 0 radical (unpaired) electrons. The summed E-state index contributed by atoms with van der Waals surface area (Å²) in [5.74, 6) is 0. The average molecular weight is 259 g/mol. The Morgan fingerprint density at radius 2 is 1.95 bits per heavy atom. The Balaban J connectivity index is 1.75. The maximum Gasteiger partial charge on any atom is 0.0475 e. The van der Waals surface area contributed by atoms with Gasteiger partial charge in [-0.25, -0.2) is 0 Å². The Morgan fingerprint density at radius 1 is 1.21 bits per heavy atom. The zero-order valence-electron chi connectivity index (χ0n) is 12.1. The molecular formula is C16H25N3. The highest BCUT2D eigenvalue weighted by Crippen LogP contribution is 2.29. The molecule has 3 rings (SSSR count). The highest BCUT2D eigenvalue weighted by atomic mass is 15.2. The van der Waals surface area contributed by atoms with Crippen molar-refractivity contribution in [3.05, 3.63) is 35.4 Å². The summed E-state index contributed by atoms with van der Waals surface area (Å²) in [6.45, 7) is 4.57. The van der Waals surface area contributed by atoms with Crippen molar-refractivity contribution in [1.82, 2.24) is 15.1 Å². The van der Waals surface area contributed by atoms with Crippen molar-refractivity contribution >= 4 is 0 Å². The van der Waals surface area contributed by atoms with E-state index in [0.717, 1.165) is 19.1 Å². The van der Waals surface area contributed by atoms with Crippen molar-refractivity contribution in [2.75, 3.05) is 33.7 Å². The summed E-state index contributed by atoms with van der Waals surface area (Å²) in [4.78, 5) is 5.05. The first-order valence-electron chi connectivity index (χ1n) is 7.44. The summed E-state index contributed by atoms with van der Waals surface area (Å²) in [5, 5.41) is 3.57. The smallest absolute Gasteiger partial charge is 0.0475 e. The third-order valence-electron chi connectivity index (χ3n) is 4.82. The first-order valence-corrected chi connectivity index (χ1v) is 7.44. The fraction of sp³-hybridized carbons (Fsp3) is 0.625. The third kappa shape index (κ3) is 2.69. The normalized spacial score (nSPS) is 25.5. The van der Waals surface area contributed by atoms with Crippen LogP contribution in [0.5, 0.6) is 0 Å². The maximum atomic E-state index is 3.57. The fourth-order valence-electron chi connectivity index (χ4n) is 3.49. The molecular weight excluding hydrogens is 234 g/mol. The summed E-state index contributed by atoms with van der Waals surface area (Å²) in [7, 11) is 4.54. The lowest BCUT2D eigenvalue weighted by molar-refractivity contribution is 0.102. The maximum absolute atomic E-state index is 3.57. The number of fused-ring (bicyclic) bond motifs is 1. The zero-order valence-corrected chi connectivity index (χ0v) is 12.1. The van der Waals surface area contributed by atoms with Gasteiger partial charge in [-0.05, 0) is 51.2 Å². The van der Waals surface area contributed by atoms with Gasteiger partial charge in [0, 0.05) is 25.2 Å². The predicted octanol–water partition coefficient (Wildman–Crippen LogP) is 1.86. The summed E-state index contributed by atoms with van der Waals surface area (Å²) in [6, 6.07) is 10.2. The minimum absolute atomic E-state index is 0.540. The van der Waals surface area contributed by atoms with Crippen molar-refractivity contribution in [2.24, 2.45) is 0 Å². The first-order chi connectivity index (χ1) is 9.25. The van der Waals surface area contributed by atoms with Crippen LogP contribution in [-0.4, -0.2) is 49.6 Å². The van der Waals surface area contributed by atoms with Crippen LogP contribution in [0.15, 0.2) is 24.3 Å². The minimum Gasteiger partial charge on any atom is -0.311 e. The van der Waals surface area contributed by atoms with Gasteiger partial charge in [0.15, 0.2) is 0 Å². The number of nitrogens with one attached hydrogen (secondary N) is 1. The molecule has 1 unspecified atom stereocenters. The monoisotopic (exact) mass is 259 g/mol. The molecule has 0 bridgehead atoms. The van der Waals surface area contributed by atoms with Crippen LogP contribution in [0, 0.1) is 0 Å². The van der Waals surface area contributed by atoms with Gasteiger partial charge in [0.2, 0.25) is 0 Å². The molecule has 1 aromatic rings. The Hall–Kier alpha value is -0.900. The lowest BCUT2D eigenvalue weighted by atomic mass is 9.93. The Kier molecular flexibility index (Phi) is 3.87. The van der Waals surface area contributed by atoms with E-state index in [4.69, 9.17) is 0 Å². The molecule has 2 heterocycles. The standard InChI is InChI=1S/C16H25N3/c1-18-9-7-14(8-10-18)19(2)16-12-17-11-13-5-3-4-6-15(13)16/h3-6,14,16-17H,7-12H2,1-2H3. The molecule has 0 saturated carbocycles. The van der Waals surface area contributed by atoms with E-state index >= 15 is 0 Å². The molecule has 1 N–H and O–H groups in total. The van der Waals surface area contributed by atoms with Crippen LogP contribution < -0.4 is 5.32 Å². The lowest BCUT2D eigenvalue weighted by Crippen LogP contribution is -2.47.